The van der Waals surface area contributed by atoms with Gasteiger partial charge in [0.05, 0.1) is 13.2 Å². The number of esters is 1. The first kappa shape index (κ1) is 17.9. The Kier molecular flexibility index (Phi) is 8.39. The second-order valence-corrected chi connectivity index (χ2v) is 5.16. The van der Waals surface area contributed by atoms with Gasteiger partial charge in [0.2, 0.25) is 5.91 Å². The van der Waals surface area contributed by atoms with E-state index in [9.17, 15) is 9.59 Å². The Morgan fingerprint density at radius 2 is 1.63 bits per heavy atom. The highest BCUT2D eigenvalue weighted by atomic mass is 16.5. The van der Waals surface area contributed by atoms with Crippen molar-refractivity contribution in [1.82, 2.24) is 10.6 Å². The molecule has 5 nitrogen and oxygen atoms in total. The lowest BCUT2D eigenvalue weighted by Gasteiger charge is -2.25. The second-order valence-electron chi connectivity index (χ2n) is 5.16. The van der Waals surface area contributed by atoms with Crippen molar-refractivity contribution in [3.63, 3.8) is 0 Å². The summed E-state index contributed by atoms with van der Waals surface area (Å²) in [5.74, 6) is -0.351. The molecular weight excluding hydrogens is 244 g/mol. The SMILES string of the molecule is CCC(CC)NC(=O)C(C)NC(C(=O)OC)C(C)C. The number of methoxy groups -OCH3 is 1. The molecule has 0 aliphatic carbocycles. The molecule has 0 aliphatic rings. The molecule has 0 aromatic rings. The predicted octanol–water partition coefficient (Wildman–Crippen LogP) is 1.47. The molecule has 2 unspecified atom stereocenters. The zero-order valence-electron chi connectivity index (χ0n) is 12.9. The minimum atomic E-state index is -0.465. The summed E-state index contributed by atoms with van der Waals surface area (Å²) >= 11 is 0. The Bertz CT molecular complexity index is 288. The van der Waals surface area contributed by atoms with E-state index in [1.807, 2.05) is 27.7 Å². The van der Waals surface area contributed by atoms with E-state index in [2.05, 4.69) is 10.6 Å². The third kappa shape index (κ3) is 6.05. The Morgan fingerprint density at radius 1 is 1.11 bits per heavy atom. The van der Waals surface area contributed by atoms with Gasteiger partial charge in [-0.3, -0.25) is 14.9 Å². The molecule has 5 heteroatoms. The van der Waals surface area contributed by atoms with Crippen LogP contribution in [-0.2, 0) is 14.3 Å². The fourth-order valence-electron chi connectivity index (χ4n) is 1.82. The fraction of sp³-hybridized carbons (Fsp3) is 0.857. The number of ether oxygens (including phenoxy) is 1. The lowest BCUT2D eigenvalue weighted by molar-refractivity contribution is -0.144. The first-order chi connectivity index (χ1) is 8.87. The first-order valence-corrected chi connectivity index (χ1v) is 7.01. The molecule has 0 aromatic carbocycles. The summed E-state index contributed by atoms with van der Waals surface area (Å²) in [5.41, 5.74) is 0. The summed E-state index contributed by atoms with van der Waals surface area (Å²) < 4.78 is 4.74. The minimum Gasteiger partial charge on any atom is -0.468 e. The maximum Gasteiger partial charge on any atom is 0.323 e. The monoisotopic (exact) mass is 272 g/mol. The maximum absolute atomic E-state index is 12.0. The standard InChI is InChI=1S/C14H28N2O3/c1-7-11(8-2)16-13(17)10(5)15-12(9(3)4)14(18)19-6/h9-12,15H,7-8H2,1-6H3,(H,16,17). The molecule has 1 amide bonds. The Balaban J connectivity index is 4.51. The minimum absolute atomic E-state index is 0.0656. The average Bonchev–Trinajstić information content (AvgIpc) is 2.40. The highest BCUT2D eigenvalue weighted by Gasteiger charge is 2.27. The second kappa shape index (κ2) is 8.91. The maximum atomic E-state index is 12.0. The van der Waals surface area contributed by atoms with Gasteiger partial charge in [-0.05, 0) is 25.7 Å². The summed E-state index contributed by atoms with van der Waals surface area (Å²) in [5, 5.41) is 6.00. The fourth-order valence-corrected chi connectivity index (χ4v) is 1.82. The van der Waals surface area contributed by atoms with Crippen LogP contribution in [0.5, 0.6) is 0 Å². The molecule has 112 valence electrons. The number of hydrogen-bond donors (Lipinski definition) is 2. The first-order valence-electron chi connectivity index (χ1n) is 7.01. The lowest BCUT2D eigenvalue weighted by Crippen LogP contribution is -2.53. The molecule has 0 fully saturated rings. The van der Waals surface area contributed by atoms with Gasteiger partial charge in [0.1, 0.15) is 6.04 Å². The van der Waals surface area contributed by atoms with Crippen molar-refractivity contribution >= 4 is 11.9 Å². The molecule has 2 N–H and O–H groups in total. The quantitative estimate of drug-likeness (QED) is 0.657. The van der Waals surface area contributed by atoms with Crippen molar-refractivity contribution in [3.05, 3.63) is 0 Å². The number of nitrogens with one attached hydrogen (secondary N) is 2. The number of amides is 1. The largest absolute Gasteiger partial charge is 0.468 e. The zero-order valence-corrected chi connectivity index (χ0v) is 12.9. The molecule has 2 atom stereocenters. The molecule has 0 aliphatic heterocycles. The molecule has 0 spiro atoms. The van der Waals surface area contributed by atoms with E-state index < -0.39 is 12.1 Å². The molecule has 0 rings (SSSR count). The third-order valence-electron chi connectivity index (χ3n) is 3.28. The van der Waals surface area contributed by atoms with Crippen LogP contribution in [0, 0.1) is 5.92 Å². The van der Waals surface area contributed by atoms with Crippen LogP contribution in [0.15, 0.2) is 0 Å². The van der Waals surface area contributed by atoms with E-state index in [1.54, 1.807) is 6.92 Å². The van der Waals surface area contributed by atoms with Gasteiger partial charge in [-0.15, -0.1) is 0 Å². The summed E-state index contributed by atoms with van der Waals surface area (Å²) in [6.07, 6.45) is 1.80. The van der Waals surface area contributed by atoms with Gasteiger partial charge in [0.25, 0.3) is 0 Å². The lowest BCUT2D eigenvalue weighted by atomic mass is 10.0. The van der Waals surface area contributed by atoms with E-state index >= 15 is 0 Å². The summed E-state index contributed by atoms with van der Waals surface area (Å²) in [6, 6.07) is -0.702. The van der Waals surface area contributed by atoms with E-state index in [0.29, 0.717) is 0 Å². The Morgan fingerprint density at radius 3 is 2.00 bits per heavy atom. The predicted molar refractivity (Wildman–Crippen MR) is 75.8 cm³/mol. The van der Waals surface area contributed by atoms with Gasteiger partial charge in [-0.2, -0.15) is 0 Å². The molecule has 0 saturated carbocycles. The Labute approximate surface area is 116 Å². The van der Waals surface area contributed by atoms with E-state index in [-0.39, 0.29) is 23.8 Å². The van der Waals surface area contributed by atoms with Gasteiger partial charge >= 0.3 is 5.97 Å². The summed E-state index contributed by atoms with van der Waals surface area (Å²) in [6.45, 7) is 9.67. The summed E-state index contributed by atoms with van der Waals surface area (Å²) in [7, 11) is 1.36. The normalized spacial score (nSPS) is 14.3. The number of carbonyl (C=O) groups excluding carboxylic acids is 2. The van der Waals surface area contributed by atoms with Crippen LogP contribution in [0.25, 0.3) is 0 Å². The highest BCUT2D eigenvalue weighted by Crippen LogP contribution is 2.05. The topological polar surface area (TPSA) is 67.4 Å². The number of hydrogen-bond acceptors (Lipinski definition) is 4. The van der Waals surface area contributed by atoms with Gasteiger partial charge in [0.15, 0.2) is 0 Å². The van der Waals surface area contributed by atoms with Crippen LogP contribution in [0.2, 0.25) is 0 Å². The molecule has 0 bridgehead atoms. The van der Waals surface area contributed by atoms with Crippen molar-refractivity contribution in [1.29, 1.82) is 0 Å². The van der Waals surface area contributed by atoms with Crippen molar-refractivity contribution in [2.24, 2.45) is 5.92 Å². The molecule has 0 heterocycles. The van der Waals surface area contributed by atoms with Crippen molar-refractivity contribution in [2.75, 3.05) is 7.11 Å². The molecule has 0 saturated heterocycles. The van der Waals surface area contributed by atoms with Crippen molar-refractivity contribution in [2.45, 2.75) is 65.6 Å². The van der Waals surface area contributed by atoms with Gasteiger partial charge in [0, 0.05) is 6.04 Å². The van der Waals surface area contributed by atoms with Crippen LogP contribution in [0.4, 0.5) is 0 Å². The molecular formula is C14H28N2O3. The van der Waals surface area contributed by atoms with Crippen molar-refractivity contribution in [3.8, 4) is 0 Å². The van der Waals surface area contributed by atoms with Crippen LogP contribution in [-0.4, -0.2) is 37.1 Å². The van der Waals surface area contributed by atoms with Gasteiger partial charge in [-0.25, -0.2) is 0 Å². The van der Waals surface area contributed by atoms with Crippen LogP contribution < -0.4 is 10.6 Å². The van der Waals surface area contributed by atoms with Crippen molar-refractivity contribution < 1.29 is 14.3 Å². The molecule has 0 radical (unpaired) electrons. The Hall–Kier alpha value is -1.10. The number of rotatable bonds is 8. The van der Waals surface area contributed by atoms with E-state index in [4.69, 9.17) is 4.74 Å². The zero-order chi connectivity index (χ0) is 15.0. The van der Waals surface area contributed by atoms with Crippen LogP contribution >= 0.6 is 0 Å². The van der Waals surface area contributed by atoms with Gasteiger partial charge in [-0.1, -0.05) is 27.7 Å². The number of carbonyl (C=O) groups is 2. The summed E-state index contributed by atoms with van der Waals surface area (Å²) in [4.78, 5) is 23.6. The highest BCUT2D eigenvalue weighted by molar-refractivity contribution is 5.83. The van der Waals surface area contributed by atoms with E-state index in [0.717, 1.165) is 12.8 Å². The van der Waals surface area contributed by atoms with E-state index in [1.165, 1.54) is 7.11 Å². The van der Waals surface area contributed by atoms with Gasteiger partial charge < -0.3 is 10.1 Å². The molecule has 19 heavy (non-hydrogen) atoms. The average molecular weight is 272 g/mol. The molecule has 0 aromatic heterocycles. The van der Waals surface area contributed by atoms with Crippen LogP contribution in [0.1, 0.15) is 47.5 Å². The smallest absolute Gasteiger partial charge is 0.323 e. The third-order valence-corrected chi connectivity index (χ3v) is 3.28. The van der Waals surface area contributed by atoms with Crippen LogP contribution in [0.3, 0.4) is 0 Å².